The number of ether oxygens (including phenoxy) is 1. The molecule has 0 amide bonds. The van der Waals surface area contributed by atoms with Gasteiger partial charge in [-0.3, -0.25) is 0 Å². The van der Waals surface area contributed by atoms with E-state index in [-0.39, 0.29) is 44.7 Å². The Kier molecular flexibility index (Phi) is 12.4. The topological polar surface area (TPSA) is 33.5 Å². The van der Waals surface area contributed by atoms with Crippen molar-refractivity contribution in [3.63, 3.8) is 0 Å². The molecule has 63 heavy (non-hydrogen) atoms. The molecule has 8 aromatic rings. The van der Waals surface area contributed by atoms with Crippen LogP contribution in [0.1, 0.15) is 84.6 Å². The van der Waals surface area contributed by atoms with Crippen molar-refractivity contribution in [2.75, 3.05) is 16.5 Å². The Morgan fingerprint density at radius 1 is 0.556 bits per heavy atom. The Hall–Kier alpha value is -5.90. The van der Waals surface area contributed by atoms with Gasteiger partial charge in [0.1, 0.15) is 5.82 Å². The van der Waals surface area contributed by atoms with Crippen LogP contribution in [-0.2, 0) is 37.3 Å². The zero-order valence-electron chi connectivity index (χ0n) is 38.2. The second-order valence-corrected chi connectivity index (χ2v) is 19.4. The number of nitrogens with zero attached hydrogens (tertiary/aromatic N) is 4. The van der Waals surface area contributed by atoms with Gasteiger partial charge in [0, 0.05) is 56.2 Å². The summed E-state index contributed by atoms with van der Waals surface area (Å²) in [5.74, 6) is 2.12. The molecule has 1 aliphatic heterocycles. The van der Waals surface area contributed by atoms with Gasteiger partial charge in [-0.25, -0.2) is 4.98 Å². The molecule has 1 aliphatic rings. The number of pyridine rings is 1. The van der Waals surface area contributed by atoms with Crippen molar-refractivity contribution in [1.82, 2.24) is 9.55 Å². The van der Waals surface area contributed by atoms with Crippen LogP contribution < -0.4 is 14.5 Å². The van der Waals surface area contributed by atoms with E-state index in [1.807, 2.05) is 12.3 Å². The molecule has 0 unspecified atom stereocenters. The molecule has 324 valence electrons. The molecule has 5 nitrogen and oxygen atoms in total. The first-order valence-corrected chi connectivity index (χ1v) is 21.3. The summed E-state index contributed by atoms with van der Waals surface area (Å²) < 4.78 is 9.03. The third-order valence-electron chi connectivity index (χ3n) is 11.8. The zero-order chi connectivity index (χ0) is 42.7. The number of hydrogen-bond acceptors (Lipinski definition) is 4. The van der Waals surface area contributed by atoms with Gasteiger partial charge in [-0.15, -0.1) is 41.3 Å². The Morgan fingerprint density at radius 3 is 1.87 bits per heavy atom. The predicted octanol–water partition coefficient (Wildman–Crippen LogP) is 14.9. The molecular formula is C57H57N4OPt-3. The van der Waals surface area contributed by atoms with E-state index in [1.54, 1.807) is 0 Å². The van der Waals surface area contributed by atoms with Crippen molar-refractivity contribution in [2.45, 2.75) is 78.6 Å². The maximum atomic E-state index is 6.82. The molecule has 0 saturated heterocycles. The van der Waals surface area contributed by atoms with Crippen LogP contribution in [0.5, 0.6) is 11.5 Å². The summed E-state index contributed by atoms with van der Waals surface area (Å²) in [6.45, 7) is 20.9. The molecule has 0 fully saturated rings. The van der Waals surface area contributed by atoms with Crippen LogP contribution >= 0.6 is 0 Å². The van der Waals surface area contributed by atoms with Crippen LogP contribution in [0.2, 0.25) is 0 Å². The average molecular weight is 1010 g/mol. The summed E-state index contributed by atoms with van der Waals surface area (Å²) in [6.07, 6.45) is 4.17. The molecular weight excluding hydrogens is 952 g/mol. The third kappa shape index (κ3) is 9.13. The monoisotopic (exact) mass is 1010 g/mol. The fourth-order valence-corrected chi connectivity index (χ4v) is 8.16. The molecule has 0 atom stereocenters. The average Bonchev–Trinajstić information content (AvgIpc) is 3.84. The second-order valence-electron chi connectivity index (χ2n) is 19.4. The van der Waals surface area contributed by atoms with E-state index in [0.717, 1.165) is 55.8 Å². The maximum absolute atomic E-state index is 6.82. The molecule has 0 bridgehead atoms. The van der Waals surface area contributed by atoms with Crippen LogP contribution in [-0.4, -0.2) is 16.2 Å². The van der Waals surface area contributed by atoms with Crippen molar-refractivity contribution in [2.24, 2.45) is 0 Å². The van der Waals surface area contributed by atoms with Gasteiger partial charge >= 0.3 is 0 Å². The Balaban J connectivity index is 0.00000298. The molecule has 0 spiro atoms. The van der Waals surface area contributed by atoms with E-state index in [1.165, 1.54) is 22.3 Å². The van der Waals surface area contributed by atoms with Gasteiger partial charge in [0.2, 0.25) is 0 Å². The largest absolute Gasteiger partial charge is 0.509 e. The summed E-state index contributed by atoms with van der Waals surface area (Å²) in [5, 5.41) is 2.25. The van der Waals surface area contributed by atoms with E-state index in [2.05, 4.69) is 228 Å². The molecule has 6 heteroatoms. The van der Waals surface area contributed by atoms with Crippen molar-refractivity contribution < 1.29 is 25.8 Å². The van der Waals surface area contributed by atoms with Crippen molar-refractivity contribution in [1.29, 1.82) is 0 Å². The predicted molar refractivity (Wildman–Crippen MR) is 261 cm³/mol. The number of benzene rings is 6. The smallest absolute Gasteiger partial charge is 0.135 e. The van der Waals surface area contributed by atoms with Crippen LogP contribution in [0.15, 0.2) is 152 Å². The zero-order valence-corrected chi connectivity index (χ0v) is 40.4. The summed E-state index contributed by atoms with van der Waals surface area (Å²) in [7, 11) is 0. The normalized spacial score (nSPS) is 13.2. The SMILES string of the molecule is CC(C)(C)c1cc(Oc2[c-]c3c(cc2)c2ccccc2n3-c2cc(C(C)(C)C)ccn2)[c-]c(N2C=C(c3ccccc3)N(c3cc(-c4ccccc4)cc(C(C)(C)C)c3)C2)c1.[CH3-].[Pt]. The minimum atomic E-state index is -0.150. The summed E-state index contributed by atoms with van der Waals surface area (Å²) >= 11 is 0. The third-order valence-corrected chi connectivity index (χ3v) is 11.8. The number of hydrogen-bond donors (Lipinski definition) is 0. The first-order valence-electron chi connectivity index (χ1n) is 21.3. The van der Waals surface area contributed by atoms with Crippen LogP contribution in [0.3, 0.4) is 0 Å². The van der Waals surface area contributed by atoms with Crippen LogP contribution in [0.25, 0.3) is 44.4 Å². The Labute approximate surface area is 389 Å². The van der Waals surface area contributed by atoms with Gasteiger partial charge in [0.25, 0.3) is 0 Å². The number of para-hydroxylation sites is 1. The molecule has 9 rings (SSSR count). The summed E-state index contributed by atoms with van der Waals surface area (Å²) in [6, 6.07) is 57.1. The number of rotatable bonds is 7. The van der Waals surface area contributed by atoms with Crippen LogP contribution in [0, 0.1) is 19.6 Å². The molecule has 0 radical (unpaired) electrons. The molecule has 6 aromatic carbocycles. The Morgan fingerprint density at radius 2 is 1.19 bits per heavy atom. The fraction of sp³-hybridized carbons (Fsp3) is 0.228. The van der Waals surface area contributed by atoms with Crippen molar-refractivity contribution in [3.8, 4) is 28.4 Å². The first kappa shape index (κ1) is 45.1. The van der Waals surface area contributed by atoms with E-state index in [0.29, 0.717) is 18.2 Å². The molecule has 0 N–H and O–H groups in total. The van der Waals surface area contributed by atoms with Crippen LogP contribution in [0.4, 0.5) is 11.4 Å². The van der Waals surface area contributed by atoms with Crippen molar-refractivity contribution >= 4 is 38.9 Å². The number of aromatic nitrogens is 2. The van der Waals surface area contributed by atoms with Gasteiger partial charge in [0.05, 0.1) is 12.4 Å². The summed E-state index contributed by atoms with van der Waals surface area (Å²) in [5.41, 5.74) is 12.2. The molecule has 0 saturated carbocycles. The number of anilines is 2. The maximum Gasteiger partial charge on any atom is 0.135 e. The Bertz CT molecular complexity index is 2930. The number of fused-ring (bicyclic) bond motifs is 3. The van der Waals surface area contributed by atoms with E-state index in [9.17, 15) is 0 Å². The van der Waals surface area contributed by atoms with E-state index < -0.39 is 0 Å². The molecule has 0 aliphatic carbocycles. The van der Waals surface area contributed by atoms with E-state index >= 15 is 0 Å². The van der Waals surface area contributed by atoms with Crippen molar-refractivity contribution in [3.05, 3.63) is 194 Å². The minimum Gasteiger partial charge on any atom is -0.509 e. The first-order chi connectivity index (χ1) is 29.1. The van der Waals surface area contributed by atoms with E-state index in [4.69, 9.17) is 9.72 Å². The molecule has 2 aromatic heterocycles. The standard InChI is InChI=1S/C56H54N4O.CH3.Pt/c1-54(2,3)41-26-27-57-53(33-41)60-50-23-17-16-22-48(50)49-25-24-46(35-51(49)60)61-47-32-43(56(7,8)9)30-44(34-47)58-36-52(39-20-14-11-15-21-39)59(37-58)45-29-40(38-18-12-10-13-19-38)28-42(31-45)55(4,5)6;;/h10-33,36H,37H2,1-9H3;1H3;/q-2;-1;. The van der Waals surface area contributed by atoms with Gasteiger partial charge in [0.15, 0.2) is 0 Å². The quantitative estimate of drug-likeness (QED) is 0.149. The minimum absolute atomic E-state index is 0. The van der Waals surface area contributed by atoms with Gasteiger partial charge < -0.3 is 26.5 Å². The van der Waals surface area contributed by atoms with Gasteiger partial charge in [-0.05, 0) is 79.8 Å². The van der Waals surface area contributed by atoms with Gasteiger partial charge in [-0.1, -0.05) is 158 Å². The fourth-order valence-electron chi connectivity index (χ4n) is 8.16. The van der Waals surface area contributed by atoms with Gasteiger partial charge in [-0.2, -0.15) is 6.07 Å². The second kappa shape index (κ2) is 17.3. The molecule has 3 heterocycles. The summed E-state index contributed by atoms with van der Waals surface area (Å²) in [4.78, 5) is 9.61.